The summed E-state index contributed by atoms with van der Waals surface area (Å²) >= 11 is 0. The molecular formula is C16H21N3O4. The molecule has 7 nitrogen and oxygen atoms in total. The Labute approximate surface area is 134 Å². The number of rotatable bonds is 5. The van der Waals surface area contributed by atoms with Gasteiger partial charge in [-0.1, -0.05) is 0 Å². The normalized spacial score (nSPS) is 20.9. The van der Waals surface area contributed by atoms with Gasteiger partial charge in [-0.25, -0.2) is 0 Å². The Morgan fingerprint density at radius 2 is 2.09 bits per heavy atom. The third kappa shape index (κ3) is 4.12. The van der Waals surface area contributed by atoms with Gasteiger partial charge in [0.15, 0.2) is 5.76 Å². The number of furan rings is 1. The zero-order valence-corrected chi connectivity index (χ0v) is 12.9. The van der Waals surface area contributed by atoms with Crippen molar-refractivity contribution in [1.82, 2.24) is 15.5 Å². The van der Waals surface area contributed by atoms with Gasteiger partial charge >= 0.3 is 0 Å². The Hall–Kier alpha value is -2.31. The molecule has 23 heavy (non-hydrogen) atoms. The Balaban J connectivity index is 1.46. The molecule has 1 atom stereocenters. The lowest BCUT2D eigenvalue weighted by molar-refractivity contribution is -0.134. The molecule has 3 amide bonds. The van der Waals surface area contributed by atoms with Gasteiger partial charge in [-0.3, -0.25) is 14.4 Å². The molecule has 124 valence electrons. The molecule has 0 aromatic carbocycles. The maximum absolute atomic E-state index is 12.2. The van der Waals surface area contributed by atoms with Gasteiger partial charge in [0.05, 0.1) is 18.7 Å². The summed E-state index contributed by atoms with van der Waals surface area (Å²) in [5, 5.41) is 5.54. The van der Waals surface area contributed by atoms with E-state index in [1.165, 1.54) is 6.26 Å². The van der Waals surface area contributed by atoms with Crippen molar-refractivity contribution >= 4 is 17.7 Å². The van der Waals surface area contributed by atoms with E-state index in [-0.39, 0.29) is 30.0 Å². The zero-order chi connectivity index (χ0) is 16.2. The topological polar surface area (TPSA) is 91.7 Å². The highest BCUT2D eigenvalue weighted by molar-refractivity contribution is 5.94. The molecule has 2 N–H and O–H groups in total. The summed E-state index contributed by atoms with van der Waals surface area (Å²) < 4.78 is 4.97. The first-order valence-corrected chi connectivity index (χ1v) is 8.03. The molecule has 0 unspecified atom stereocenters. The van der Waals surface area contributed by atoms with Crippen molar-refractivity contribution in [3.05, 3.63) is 24.2 Å². The Morgan fingerprint density at radius 3 is 2.78 bits per heavy atom. The largest absolute Gasteiger partial charge is 0.459 e. The fraction of sp³-hybridized carbons (Fsp3) is 0.562. The predicted molar refractivity (Wildman–Crippen MR) is 81.5 cm³/mol. The highest BCUT2D eigenvalue weighted by Gasteiger charge is 2.31. The predicted octanol–water partition coefficient (Wildman–Crippen LogP) is 0.527. The van der Waals surface area contributed by atoms with E-state index in [0.717, 1.165) is 25.7 Å². The minimum atomic E-state index is -0.414. The number of hydrogen-bond donors (Lipinski definition) is 2. The van der Waals surface area contributed by atoms with Crippen LogP contribution >= 0.6 is 0 Å². The number of carbonyl (C=O) groups is 3. The fourth-order valence-corrected chi connectivity index (χ4v) is 2.73. The second-order valence-corrected chi connectivity index (χ2v) is 6.12. The van der Waals surface area contributed by atoms with Crippen LogP contribution in [-0.4, -0.2) is 48.3 Å². The van der Waals surface area contributed by atoms with Crippen LogP contribution in [0.2, 0.25) is 0 Å². The summed E-state index contributed by atoms with van der Waals surface area (Å²) in [5.41, 5.74) is 0. The molecule has 2 fully saturated rings. The number of piperidine rings is 1. The molecule has 7 heteroatoms. The van der Waals surface area contributed by atoms with Crippen LogP contribution in [0.15, 0.2) is 22.8 Å². The highest BCUT2D eigenvalue weighted by atomic mass is 16.3. The molecule has 2 aliphatic rings. The summed E-state index contributed by atoms with van der Waals surface area (Å²) in [5.74, 6) is -0.506. The van der Waals surface area contributed by atoms with Crippen LogP contribution in [0.25, 0.3) is 0 Å². The van der Waals surface area contributed by atoms with Crippen LogP contribution in [0.3, 0.4) is 0 Å². The molecule has 1 saturated carbocycles. The smallest absolute Gasteiger partial charge is 0.287 e. The molecule has 0 radical (unpaired) electrons. The van der Waals surface area contributed by atoms with Gasteiger partial charge < -0.3 is 20.0 Å². The molecule has 1 saturated heterocycles. The SMILES string of the molecule is O=C(NCC(=O)N1CCC[C@@H](C(=O)NC2CC2)C1)c1ccco1. The lowest BCUT2D eigenvalue weighted by Gasteiger charge is -2.32. The third-order valence-corrected chi connectivity index (χ3v) is 4.21. The molecule has 2 heterocycles. The van der Waals surface area contributed by atoms with Crippen LogP contribution in [0, 0.1) is 5.92 Å². The van der Waals surface area contributed by atoms with E-state index in [1.807, 2.05) is 0 Å². The van der Waals surface area contributed by atoms with Gasteiger partial charge in [0, 0.05) is 19.1 Å². The first kappa shape index (κ1) is 15.6. The van der Waals surface area contributed by atoms with Crippen molar-refractivity contribution in [3.63, 3.8) is 0 Å². The number of nitrogens with one attached hydrogen (secondary N) is 2. The first-order chi connectivity index (χ1) is 11.1. The number of carbonyl (C=O) groups excluding carboxylic acids is 3. The van der Waals surface area contributed by atoms with Crippen LogP contribution in [0.5, 0.6) is 0 Å². The fourth-order valence-electron chi connectivity index (χ4n) is 2.73. The average Bonchev–Trinajstić information content (AvgIpc) is 3.21. The molecule has 0 spiro atoms. The second kappa shape index (κ2) is 6.85. The van der Waals surface area contributed by atoms with Gasteiger partial charge in [-0.2, -0.15) is 0 Å². The number of likely N-dealkylation sites (tertiary alicyclic amines) is 1. The minimum absolute atomic E-state index is 0.0459. The average molecular weight is 319 g/mol. The van der Waals surface area contributed by atoms with Gasteiger partial charge in [-0.05, 0) is 37.8 Å². The van der Waals surface area contributed by atoms with E-state index in [4.69, 9.17) is 4.42 Å². The Morgan fingerprint density at radius 1 is 1.26 bits per heavy atom. The molecule has 1 aromatic heterocycles. The summed E-state index contributed by atoms with van der Waals surface area (Å²) in [6, 6.07) is 3.49. The van der Waals surface area contributed by atoms with Crippen LogP contribution in [-0.2, 0) is 9.59 Å². The number of nitrogens with zero attached hydrogens (tertiary/aromatic N) is 1. The molecule has 3 rings (SSSR count). The molecule has 1 aliphatic heterocycles. The van der Waals surface area contributed by atoms with E-state index in [2.05, 4.69) is 10.6 Å². The van der Waals surface area contributed by atoms with Crippen molar-refractivity contribution in [2.45, 2.75) is 31.7 Å². The van der Waals surface area contributed by atoms with Gasteiger partial charge in [0.1, 0.15) is 0 Å². The lowest BCUT2D eigenvalue weighted by atomic mass is 9.97. The van der Waals surface area contributed by atoms with Crippen molar-refractivity contribution in [2.24, 2.45) is 5.92 Å². The quantitative estimate of drug-likeness (QED) is 0.828. The van der Waals surface area contributed by atoms with E-state index >= 15 is 0 Å². The zero-order valence-electron chi connectivity index (χ0n) is 12.9. The third-order valence-electron chi connectivity index (χ3n) is 4.21. The van der Waals surface area contributed by atoms with Crippen LogP contribution in [0.4, 0.5) is 0 Å². The van der Waals surface area contributed by atoms with Crippen molar-refractivity contribution in [1.29, 1.82) is 0 Å². The number of amides is 3. The van der Waals surface area contributed by atoms with E-state index in [0.29, 0.717) is 19.1 Å². The highest BCUT2D eigenvalue weighted by Crippen LogP contribution is 2.22. The van der Waals surface area contributed by atoms with E-state index in [9.17, 15) is 14.4 Å². The van der Waals surface area contributed by atoms with Crippen molar-refractivity contribution in [3.8, 4) is 0 Å². The van der Waals surface area contributed by atoms with E-state index < -0.39 is 5.91 Å². The maximum Gasteiger partial charge on any atom is 0.287 e. The maximum atomic E-state index is 12.2. The van der Waals surface area contributed by atoms with E-state index in [1.54, 1.807) is 17.0 Å². The van der Waals surface area contributed by atoms with Crippen LogP contribution < -0.4 is 10.6 Å². The summed E-state index contributed by atoms with van der Waals surface area (Å²) in [6.45, 7) is 0.965. The van der Waals surface area contributed by atoms with Gasteiger partial charge in [-0.15, -0.1) is 0 Å². The standard InChI is InChI=1S/C16H21N3O4/c20-14(9-17-16(22)13-4-2-8-23-13)19-7-1-3-11(10-19)15(21)18-12-5-6-12/h2,4,8,11-12H,1,3,5-7,9-10H2,(H,17,22)(H,18,21)/t11-/m1/s1. The van der Waals surface area contributed by atoms with Gasteiger partial charge in [0.2, 0.25) is 11.8 Å². The Bertz CT molecular complexity index is 580. The van der Waals surface area contributed by atoms with Crippen molar-refractivity contribution in [2.75, 3.05) is 19.6 Å². The summed E-state index contributed by atoms with van der Waals surface area (Å²) in [7, 11) is 0. The van der Waals surface area contributed by atoms with Gasteiger partial charge in [0.25, 0.3) is 5.91 Å². The minimum Gasteiger partial charge on any atom is -0.459 e. The summed E-state index contributed by atoms with van der Waals surface area (Å²) in [4.78, 5) is 37.7. The molecule has 1 aliphatic carbocycles. The monoisotopic (exact) mass is 319 g/mol. The molecule has 1 aromatic rings. The lowest BCUT2D eigenvalue weighted by Crippen LogP contribution is -2.48. The Kier molecular flexibility index (Phi) is 4.64. The van der Waals surface area contributed by atoms with Crippen molar-refractivity contribution < 1.29 is 18.8 Å². The number of hydrogen-bond acceptors (Lipinski definition) is 4. The summed E-state index contributed by atoms with van der Waals surface area (Å²) in [6.07, 6.45) is 5.13. The first-order valence-electron chi connectivity index (χ1n) is 8.03. The second-order valence-electron chi connectivity index (χ2n) is 6.12. The molecular weight excluding hydrogens is 298 g/mol. The molecule has 0 bridgehead atoms. The van der Waals surface area contributed by atoms with Crippen LogP contribution in [0.1, 0.15) is 36.2 Å².